The summed E-state index contributed by atoms with van der Waals surface area (Å²) in [5.74, 6) is -0.837. The van der Waals surface area contributed by atoms with Crippen molar-refractivity contribution in [3.8, 4) is 0 Å². The number of rotatable bonds is 4. The predicted molar refractivity (Wildman–Crippen MR) is 79.2 cm³/mol. The second kappa shape index (κ2) is 6.00. The quantitative estimate of drug-likeness (QED) is 0.651. The van der Waals surface area contributed by atoms with Crippen molar-refractivity contribution in [1.29, 1.82) is 0 Å². The van der Waals surface area contributed by atoms with Crippen molar-refractivity contribution in [2.24, 2.45) is 0 Å². The molecule has 2 aromatic rings. The molecule has 6 heteroatoms. The highest BCUT2D eigenvalue weighted by molar-refractivity contribution is 9.10. The van der Waals surface area contributed by atoms with E-state index in [1.54, 1.807) is 0 Å². The Balaban J connectivity index is 2.22. The Morgan fingerprint density at radius 1 is 1.30 bits per heavy atom. The van der Waals surface area contributed by atoms with E-state index in [0.29, 0.717) is 5.69 Å². The molecule has 1 unspecified atom stereocenters. The number of hydrogen-bond donors (Lipinski definition) is 1. The molecule has 0 radical (unpaired) electrons. The van der Waals surface area contributed by atoms with Crippen molar-refractivity contribution in [3.05, 3.63) is 68.4 Å². The van der Waals surface area contributed by atoms with Crippen molar-refractivity contribution >= 4 is 27.3 Å². The molecular formula is C14H12BrFN2O2. The minimum Gasteiger partial charge on any atom is -0.378 e. The summed E-state index contributed by atoms with van der Waals surface area (Å²) in [6.07, 6.45) is 0. The number of nitrogens with one attached hydrogen (secondary N) is 1. The number of anilines is 1. The number of benzene rings is 2. The van der Waals surface area contributed by atoms with E-state index in [1.165, 1.54) is 12.1 Å². The normalized spacial score (nSPS) is 11.9. The molecule has 0 aliphatic rings. The van der Waals surface area contributed by atoms with Gasteiger partial charge in [-0.15, -0.1) is 0 Å². The average molecular weight is 339 g/mol. The van der Waals surface area contributed by atoms with Crippen molar-refractivity contribution in [3.63, 3.8) is 0 Å². The summed E-state index contributed by atoms with van der Waals surface area (Å²) < 4.78 is 14.2. The van der Waals surface area contributed by atoms with E-state index in [0.717, 1.165) is 16.1 Å². The van der Waals surface area contributed by atoms with Gasteiger partial charge in [-0.05, 0) is 36.8 Å². The molecule has 0 amide bonds. The minimum absolute atomic E-state index is 0.0578. The highest BCUT2D eigenvalue weighted by atomic mass is 79.9. The van der Waals surface area contributed by atoms with Crippen LogP contribution in [-0.4, -0.2) is 4.92 Å². The van der Waals surface area contributed by atoms with Crippen LogP contribution in [0.15, 0.2) is 46.9 Å². The van der Waals surface area contributed by atoms with Gasteiger partial charge in [0.05, 0.1) is 4.92 Å². The van der Waals surface area contributed by atoms with Crippen LogP contribution < -0.4 is 5.32 Å². The lowest BCUT2D eigenvalue weighted by atomic mass is 10.1. The second-order valence-corrected chi connectivity index (χ2v) is 5.26. The maximum Gasteiger partial charge on any atom is 0.306 e. The number of nitro groups is 1. The Kier molecular flexibility index (Phi) is 4.34. The lowest BCUT2D eigenvalue weighted by Gasteiger charge is -2.16. The van der Waals surface area contributed by atoms with Gasteiger partial charge < -0.3 is 5.32 Å². The molecule has 0 bridgehead atoms. The minimum atomic E-state index is -0.837. The first-order valence-corrected chi connectivity index (χ1v) is 6.72. The zero-order chi connectivity index (χ0) is 14.7. The van der Waals surface area contributed by atoms with Crippen LogP contribution in [0.5, 0.6) is 0 Å². The molecule has 1 N–H and O–H groups in total. The van der Waals surface area contributed by atoms with Crippen LogP contribution in [0.1, 0.15) is 18.5 Å². The summed E-state index contributed by atoms with van der Waals surface area (Å²) in [5.41, 5.74) is 0.994. The first kappa shape index (κ1) is 14.5. The molecule has 0 fully saturated rings. The molecule has 0 aromatic heterocycles. The Labute approximate surface area is 123 Å². The summed E-state index contributed by atoms with van der Waals surface area (Å²) >= 11 is 3.39. The summed E-state index contributed by atoms with van der Waals surface area (Å²) in [4.78, 5) is 9.97. The lowest BCUT2D eigenvalue weighted by Crippen LogP contribution is -2.07. The molecule has 2 aromatic carbocycles. The van der Waals surface area contributed by atoms with Gasteiger partial charge >= 0.3 is 5.69 Å². The summed E-state index contributed by atoms with van der Waals surface area (Å²) in [7, 11) is 0. The monoisotopic (exact) mass is 338 g/mol. The number of hydrogen-bond acceptors (Lipinski definition) is 3. The van der Waals surface area contributed by atoms with Crippen LogP contribution in [-0.2, 0) is 0 Å². The predicted octanol–water partition coefficient (Wildman–Crippen LogP) is 4.67. The van der Waals surface area contributed by atoms with Crippen LogP contribution in [0.4, 0.5) is 15.8 Å². The number of nitrogens with zero attached hydrogens (tertiary/aromatic N) is 1. The average Bonchev–Trinajstić information content (AvgIpc) is 2.40. The molecule has 4 nitrogen and oxygen atoms in total. The van der Waals surface area contributed by atoms with Gasteiger partial charge in [0, 0.05) is 22.3 Å². The van der Waals surface area contributed by atoms with E-state index >= 15 is 0 Å². The second-order valence-electron chi connectivity index (χ2n) is 4.34. The molecule has 2 rings (SSSR count). The maximum atomic E-state index is 13.3. The van der Waals surface area contributed by atoms with Crippen molar-refractivity contribution in [1.82, 2.24) is 0 Å². The van der Waals surface area contributed by atoms with Gasteiger partial charge in [-0.25, -0.2) is 0 Å². The molecule has 0 aliphatic heterocycles. The van der Waals surface area contributed by atoms with Crippen molar-refractivity contribution in [2.75, 3.05) is 5.32 Å². The van der Waals surface area contributed by atoms with Gasteiger partial charge in [0.2, 0.25) is 5.82 Å². The maximum absolute atomic E-state index is 13.3. The molecule has 0 saturated carbocycles. The molecule has 104 valence electrons. The number of halogens is 2. The standard InChI is InChI=1S/C14H12BrFN2O2/c1-9(10-3-2-4-11(15)7-10)17-12-5-6-13(16)14(8-12)18(19)20/h2-9,17H,1H3. The Hall–Kier alpha value is -1.95. The van der Waals surface area contributed by atoms with Crippen molar-refractivity contribution in [2.45, 2.75) is 13.0 Å². The van der Waals surface area contributed by atoms with Gasteiger partial charge in [0.15, 0.2) is 0 Å². The fraction of sp³-hybridized carbons (Fsp3) is 0.143. The highest BCUT2D eigenvalue weighted by Gasteiger charge is 2.15. The van der Waals surface area contributed by atoms with E-state index in [-0.39, 0.29) is 6.04 Å². The van der Waals surface area contributed by atoms with Crippen LogP contribution in [0, 0.1) is 15.9 Å². The molecule has 20 heavy (non-hydrogen) atoms. The molecular weight excluding hydrogens is 327 g/mol. The summed E-state index contributed by atoms with van der Waals surface area (Å²) in [6.45, 7) is 1.93. The highest BCUT2D eigenvalue weighted by Crippen LogP contribution is 2.26. The third-order valence-electron chi connectivity index (χ3n) is 2.87. The zero-order valence-electron chi connectivity index (χ0n) is 10.6. The smallest absolute Gasteiger partial charge is 0.306 e. The fourth-order valence-electron chi connectivity index (χ4n) is 1.85. The van der Waals surface area contributed by atoms with E-state index in [4.69, 9.17) is 0 Å². The summed E-state index contributed by atoms with van der Waals surface area (Å²) in [6, 6.07) is 11.4. The van der Waals surface area contributed by atoms with Crippen molar-refractivity contribution < 1.29 is 9.31 Å². The van der Waals surface area contributed by atoms with E-state index < -0.39 is 16.4 Å². The van der Waals surface area contributed by atoms with Gasteiger partial charge in [0.1, 0.15) is 0 Å². The lowest BCUT2D eigenvalue weighted by molar-refractivity contribution is -0.387. The fourth-order valence-corrected chi connectivity index (χ4v) is 2.27. The van der Waals surface area contributed by atoms with Gasteiger partial charge in [-0.3, -0.25) is 10.1 Å². The van der Waals surface area contributed by atoms with Gasteiger partial charge in [-0.2, -0.15) is 4.39 Å². The van der Waals surface area contributed by atoms with Crippen LogP contribution in [0.2, 0.25) is 0 Å². The third-order valence-corrected chi connectivity index (χ3v) is 3.37. The van der Waals surface area contributed by atoms with E-state index in [1.807, 2.05) is 31.2 Å². The molecule has 0 saturated heterocycles. The first-order valence-electron chi connectivity index (χ1n) is 5.93. The van der Waals surface area contributed by atoms with Gasteiger partial charge in [-0.1, -0.05) is 28.1 Å². The zero-order valence-corrected chi connectivity index (χ0v) is 12.2. The SMILES string of the molecule is CC(Nc1ccc(F)c([N+](=O)[O-])c1)c1cccc(Br)c1. The molecule has 0 heterocycles. The third kappa shape index (κ3) is 3.33. The Morgan fingerprint density at radius 3 is 2.70 bits per heavy atom. The van der Waals surface area contributed by atoms with E-state index in [9.17, 15) is 14.5 Å². The number of nitro benzene ring substituents is 1. The van der Waals surface area contributed by atoms with Crippen LogP contribution >= 0.6 is 15.9 Å². The largest absolute Gasteiger partial charge is 0.378 e. The Morgan fingerprint density at radius 2 is 2.05 bits per heavy atom. The molecule has 0 aliphatic carbocycles. The van der Waals surface area contributed by atoms with Crippen LogP contribution in [0.25, 0.3) is 0 Å². The van der Waals surface area contributed by atoms with Crippen LogP contribution in [0.3, 0.4) is 0 Å². The summed E-state index contributed by atoms with van der Waals surface area (Å²) in [5, 5.41) is 13.8. The first-order chi connectivity index (χ1) is 9.47. The molecule has 1 atom stereocenters. The topological polar surface area (TPSA) is 55.2 Å². The Bertz CT molecular complexity index is 649. The molecule has 0 spiro atoms. The van der Waals surface area contributed by atoms with E-state index in [2.05, 4.69) is 21.2 Å². The van der Waals surface area contributed by atoms with Gasteiger partial charge in [0.25, 0.3) is 0 Å².